The van der Waals surface area contributed by atoms with E-state index in [1.54, 1.807) is 0 Å². The average Bonchev–Trinajstić information content (AvgIpc) is 2.39. The normalized spacial score (nSPS) is 20.3. The van der Waals surface area contributed by atoms with Gasteiger partial charge >= 0.3 is 0 Å². The molecule has 1 fully saturated rings. The van der Waals surface area contributed by atoms with Crippen molar-refractivity contribution in [2.75, 3.05) is 32.1 Å². The van der Waals surface area contributed by atoms with Crippen LogP contribution in [0.5, 0.6) is 5.75 Å². The van der Waals surface area contributed by atoms with Crippen molar-refractivity contribution in [3.63, 3.8) is 0 Å². The fourth-order valence-electron chi connectivity index (χ4n) is 2.58. The number of benzene rings is 1. The largest absolute Gasteiger partial charge is 0.491 e. The standard InChI is InChI=1S/C16H26N2O/c1-4-10-19-16-11-13(2)7-8-15(16)17-14-6-5-9-18(3)12-14/h7-8,11,14,17H,4-6,9-10,12H2,1-3H3. The number of hydrogen-bond acceptors (Lipinski definition) is 3. The molecule has 1 unspecified atom stereocenters. The zero-order valence-corrected chi connectivity index (χ0v) is 12.4. The highest BCUT2D eigenvalue weighted by atomic mass is 16.5. The van der Waals surface area contributed by atoms with Crippen LogP contribution in [-0.2, 0) is 0 Å². The summed E-state index contributed by atoms with van der Waals surface area (Å²) in [4.78, 5) is 2.39. The van der Waals surface area contributed by atoms with Crippen LogP contribution in [-0.4, -0.2) is 37.7 Å². The molecule has 0 bridgehead atoms. The molecule has 2 rings (SSSR count). The summed E-state index contributed by atoms with van der Waals surface area (Å²) in [5, 5.41) is 3.65. The lowest BCUT2D eigenvalue weighted by molar-refractivity contribution is 0.260. The number of hydrogen-bond donors (Lipinski definition) is 1. The van der Waals surface area contributed by atoms with E-state index < -0.39 is 0 Å². The second kappa shape index (κ2) is 6.80. The quantitative estimate of drug-likeness (QED) is 0.881. The molecule has 0 spiro atoms. The van der Waals surface area contributed by atoms with E-state index in [1.807, 2.05) is 0 Å². The van der Waals surface area contributed by atoms with Crippen LogP contribution in [0.1, 0.15) is 31.7 Å². The lowest BCUT2D eigenvalue weighted by Crippen LogP contribution is -2.39. The molecule has 1 saturated heterocycles. The summed E-state index contributed by atoms with van der Waals surface area (Å²) in [6.45, 7) is 7.35. The Morgan fingerprint density at radius 3 is 3.00 bits per heavy atom. The van der Waals surface area contributed by atoms with Gasteiger partial charge in [-0.3, -0.25) is 0 Å². The molecule has 3 heteroatoms. The van der Waals surface area contributed by atoms with Crippen molar-refractivity contribution >= 4 is 5.69 Å². The molecule has 1 atom stereocenters. The predicted octanol–water partition coefficient (Wildman–Crippen LogP) is 3.29. The van der Waals surface area contributed by atoms with E-state index in [1.165, 1.54) is 24.9 Å². The molecule has 1 N–H and O–H groups in total. The van der Waals surface area contributed by atoms with Gasteiger partial charge in [0.1, 0.15) is 5.75 Å². The maximum absolute atomic E-state index is 5.86. The Balaban J connectivity index is 2.05. The number of likely N-dealkylation sites (N-methyl/N-ethyl adjacent to an activating group) is 1. The van der Waals surface area contributed by atoms with Gasteiger partial charge < -0.3 is 15.0 Å². The van der Waals surface area contributed by atoms with E-state index in [-0.39, 0.29) is 0 Å². The number of rotatable bonds is 5. The lowest BCUT2D eigenvalue weighted by Gasteiger charge is -2.31. The van der Waals surface area contributed by atoms with Gasteiger partial charge in [-0.1, -0.05) is 13.0 Å². The third-order valence-corrected chi connectivity index (χ3v) is 3.58. The second-order valence-electron chi connectivity index (χ2n) is 5.59. The van der Waals surface area contributed by atoms with Gasteiger partial charge in [-0.2, -0.15) is 0 Å². The number of likely N-dealkylation sites (tertiary alicyclic amines) is 1. The Kier molecular flexibility index (Phi) is 5.08. The van der Waals surface area contributed by atoms with Crippen LogP contribution in [0.15, 0.2) is 18.2 Å². The van der Waals surface area contributed by atoms with Gasteiger partial charge in [-0.25, -0.2) is 0 Å². The molecule has 1 heterocycles. The average molecular weight is 262 g/mol. The van der Waals surface area contributed by atoms with Gasteiger partial charge in [-0.15, -0.1) is 0 Å². The SMILES string of the molecule is CCCOc1cc(C)ccc1NC1CCCN(C)C1. The van der Waals surface area contributed by atoms with Gasteiger partial charge in [0.25, 0.3) is 0 Å². The smallest absolute Gasteiger partial charge is 0.142 e. The molecule has 0 aromatic heterocycles. The van der Waals surface area contributed by atoms with Crippen LogP contribution in [0.4, 0.5) is 5.69 Å². The van der Waals surface area contributed by atoms with Gasteiger partial charge in [-0.05, 0) is 57.5 Å². The first-order valence-electron chi connectivity index (χ1n) is 7.37. The van der Waals surface area contributed by atoms with Crippen molar-refractivity contribution < 1.29 is 4.74 Å². The van der Waals surface area contributed by atoms with Crippen LogP contribution in [0.3, 0.4) is 0 Å². The van der Waals surface area contributed by atoms with Crippen molar-refractivity contribution in [2.45, 2.75) is 39.2 Å². The Hall–Kier alpha value is -1.22. The van der Waals surface area contributed by atoms with E-state index in [9.17, 15) is 0 Å². The molecule has 1 aliphatic rings. The van der Waals surface area contributed by atoms with Crippen molar-refractivity contribution in [3.05, 3.63) is 23.8 Å². The molecule has 106 valence electrons. The zero-order valence-electron chi connectivity index (χ0n) is 12.4. The number of aryl methyl sites for hydroxylation is 1. The maximum atomic E-state index is 5.86. The minimum Gasteiger partial charge on any atom is -0.491 e. The first-order valence-corrected chi connectivity index (χ1v) is 7.37. The molecule has 0 saturated carbocycles. The first kappa shape index (κ1) is 14.2. The minimum atomic E-state index is 0.533. The molecular formula is C16H26N2O. The Morgan fingerprint density at radius 2 is 2.26 bits per heavy atom. The minimum absolute atomic E-state index is 0.533. The summed E-state index contributed by atoms with van der Waals surface area (Å²) in [6.07, 6.45) is 3.55. The van der Waals surface area contributed by atoms with Gasteiger partial charge in [0.05, 0.1) is 12.3 Å². The van der Waals surface area contributed by atoms with Crippen molar-refractivity contribution in [2.24, 2.45) is 0 Å². The van der Waals surface area contributed by atoms with Crippen LogP contribution < -0.4 is 10.1 Å². The fourth-order valence-corrected chi connectivity index (χ4v) is 2.58. The van der Waals surface area contributed by atoms with Crippen molar-refractivity contribution in [3.8, 4) is 5.75 Å². The summed E-state index contributed by atoms with van der Waals surface area (Å²) in [7, 11) is 2.19. The van der Waals surface area contributed by atoms with E-state index in [2.05, 4.69) is 49.3 Å². The van der Waals surface area contributed by atoms with Crippen LogP contribution in [0, 0.1) is 6.92 Å². The topological polar surface area (TPSA) is 24.5 Å². The highest BCUT2D eigenvalue weighted by Gasteiger charge is 2.18. The van der Waals surface area contributed by atoms with E-state index in [4.69, 9.17) is 4.74 Å². The predicted molar refractivity (Wildman–Crippen MR) is 81.1 cm³/mol. The van der Waals surface area contributed by atoms with Crippen molar-refractivity contribution in [1.82, 2.24) is 4.90 Å². The Morgan fingerprint density at radius 1 is 1.42 bits per heavy atom. The highest BCUT2D eigenvalue weighted by Crippen LogP contribution is 2.27. The fraction of sp³-hybridized carbons (Fsp3) is 0.625. The second-order valence-corrected chi connectivity index (χ2v) is 5.59. The molecule has 1 aromatic carbocycles. The summed E-state index contributed by atoms with van der Waals surface area (Å²) < 4.78 is 5.86. The summed E-state index contributed by atoms with van der Waals surface area (Å²) in [5.41, 5.74) is 2.39. The number of ether oxygens (including phenoxy) is 1. The Labute approximate surface area is 116 Å². The molecule has 3 nitrogen and oxygen atoms in total. The summed E-state index contributed by atoms with van der Waals surface area (Å²) in [5.74, 6) is 0.995. The third kappa shape index (κ3) is 4.13. The van der Waals surface area contributed by atoms with Crippen LogP contribution >= 0.6 is 0 Å². The number of piperidine rings is 1. The summed E-state index contributed by atoms with van der Waals surface area (Å²) >= 11 is 0. The van der Waals surface area contributed by atoms with Gasteiger partial charge in [0.2, 0.25) is 0 Å². The molecule has 1 aliphatic heterocycles. The van der Waals surface area contributed by atoms with Crippen LogP contribution in [0.2, 0.25) is 0 Å². The van der Waals surface area contributed by atoms with Gasteiger partial charge in [0, 0.05) is 12.6 Å². The Bertz CT molecular complexity index is 406. The molecule has 0 aliphatic carbocycles. The summed E-state index contributed by atoms with van der Waals surface area (Å²) in [6, 6.07) is 6.96. The monoisotopic (exact) mass is 262 g/mol. The molecule has 0 radical (unpaired) electrons. The third-order valence-electron chi connectivity index (χ3n) is 3.58. The number of nitrogens with one attached hydrogen (secondary N) is 1. The molecular weight excluding hydrogens is 236 g/mol. The van der Waals surface area contributed by atoms with E-state index in [0.717, 1.165) is 31.0 Å². The molecule has 19 heavy (non-hydrogen) atoms. The van der Waals surface area contributed by atoms with Crippen molar-refractivity contribution in [1.29, 1.82) is 0 Å². The van der Waals surface area contributed by atoms with E-state index in [0.29, 0.717) is 6.04 Å². The number of nitrogens with zero attached hydrogens (tertiary/aromatic N) is 1. The zero-order chi connectivity index (χ0) is 13.7. The highest BCUT2D eigenvalue weighted by molar-refractivity contribution is 5.58. The van der Waals surface area contributed by atoms with E-state index >= 15 is 0 Å². The van der Waals surface area contributed by atoms with Gasteiger partial charge in [0.15, 0.2) is 0 Å². The maximum Gasteiger partial charge on any atom is 0.142 e. The lowest BCUT2D eigenvalue weighted by atomic mass is 10.1. The number of anilines is 1. The molecule has 0 amide bonds. The first-order chi connectivity index (χ1) is 9.19. The molecule has 1 aromatic rings. The van der Waals surface area contributed by atoms with Crippen LogP contribution in [0.25, 0.3) is 0 Å².